The van der Waals surface area contributed by atoms with Crippen LogP contribution in [-0.2, 0) is 9.59 Å². The number of methoxy groups -OCH3 is 1. The van der Waals surface area contributed by atoms with Gasteiger partial charge in [0, 0.05) is 6.07 Å². The van der Waals surface area contributed by atoms with Crippen molar-refractivity contribution in [2.75, 3.05) is 7.11 Å². The van der Waals surface area contributed by atoms with Gasteiger partial charge in [0.05, 0.1) is 7.11 Å². The molecule has 0 spiro atoms. The summed E-state index contributed by atoms with van der Waals surface area (Å²) in [6.07, 6.45) is -2.12. The van der Waals surface area contributed by atoms with Crippen molar-refractivity contribution in [2.24, 2.45) is 0 Å². The highest BCUT2D eigenvalue weighted by atomic mass is 19.1. The van der Waals surface area contributed by atoms with Gasteiger partial charge in [-0.2, -0.15) is 0 Å². The summed E-state index contributed by atoms with van der Waals surface area (Å²) in [6, 6.07) is 3.12. The maximum Gasteiger partial charge on any atom is 0.356 e. The molecule has 0 bridgehead atoms. The first kappa shape index (κ1) is 12.8. The standard InChI is InChI=1S/C10H9FO6/c1-16-6-3-2-5(11)4-7(6)17-8(9(12)13)10(14)15/h2-4,8H,1H3,(H,12,13)(H,14,15). The smallest absolute Gasteiger partial charge is 0.356 e. The lowest BCUT2D eigenvalue weighted by atomic mass is 10.3. The molecule has 2 N–H and O–H groups in total. The van der Waals surface area contributed by atoms with Gasteiger partial charge in [-0.05, 0) is 12.1 Å². The monoisotopic (exact) mass is 244 g/mol. The highest BCUT2D eigenvalue weighted by Gasteiger charge is 2.29. The summed E-state index contributed by atoms with van der Waals surface area (Å²) in [5.74, 6) is -4.33. The van der Waals surface area contributed by atoms with Crippen LogP contribution >= 0.6 is 0 Å². The van der Waals surface area contributed by atoms with E-state index in [4.69, 9.17) is 14.9 Å². The zero-order chi connectivity index (χ0) is 13.0. The molecule has 0 aliphatic carbocycles. The van der Waals surface area contributed by atoms with Crippen LogP contribution in [-0.4, -0.2) is 35.4 Å². The fourth-order valence-corrected chi connectivity index (χ4v) is 1.08. The van der Waals surface area contributed by atoms with Crippen LogP contribution < -0.4 is 9.47 Å². The molecule has 0 heterocycles. The Bertz CT molecular complexity index is 430. The molecular formula is C10H9FO6. The molecule has 7 heteroatoms. The molecule has 0 atom stereocenters. The van der Waals surface area contributed by atoms with E-state index in [-0.39, 0.29) is 11.5 Å². The Balaban J connectivity index is 3.03. The fraction of sp³-hybridized carbons (Fsp3) is 0.200. The van der Waals surface area contributed by atoms with Crippen LogP contribution in [0.15, 0.2) is 18.2 Å². The number of ether oxygens (including phenoxy) is 2. The third-order valence-corrected chi connectivity index (χ3v) is 1.82. The van der Waals surface area contributed by atoms with Crippen molar-refractivity contribution in [1.29, 1.82) is 0 Å². The first-order valence-electron chi connectivity index (χ1n) is 4.41. The molecule has 0 radical (unpaired) electrons. The van der Waals surface area contributed by atoms with E-state index in [1.165, 1.54) is 13.2 Å². The molecule has 1 aromatic rings. The molecule has 0 saturated carbocycles. The highest BCUT2D eigenvalue weighted by molar-refractivity contribution is 5.96. The maximum absolute atomic E-state index is 12.9. The highest BCUT2D eigenvalue weighted by Crippen LogP contribution is 2.28. The molecule has 0 amide bonds. The second-order valence-electron chi connectivity index (χ2n) is 2.97. The summed E-state index contributed by atoms with van der Waals surface area (Å²) >= 11 is 0. The van der Waals surface area contributed by atoms with Crippen LogP contribution in [0.25, 0.3) is 0 Å². The van der Waals surface area contributed by atoms with E-state index in [2.05, 4.69) is 4.74 Å². The lowest BCUT2D eigenvalue weighted by Crippen LogP contribution is -2.35. The first-order chi connectivity index (χ1) is 7.95. The Morgan fingerprint density at radius 2 is 1.82 bits per heavy atom. The molecule has 0 fully saturated rings. The number of carboxylic acid groups (broad SMARTS) is 2. The van der Waals surface area contributed by atoms with E-state index < -0.39 is 23.9 Å². The predicted octanol–water partition coefficient (Wildman–Crippen LogP) is 0.751. The van der Waals surface area contributed by atoms with Gasteiger partial charge in [0.15, 0.2) is 11.5 Å². The van der Waals surface area contributed by atoms with E-state index >= 15 is 0 Å². The van der Waals surface area contributed by atoms with Crippen LogP contribution in [0.5, 0.6) is 11.5 Å². The molecule has 1 rings (SSSR count). The molecule has 17 heavy (non-hydrogen) atoms. The molecular weight excluding hydrogens is 235 g/mol. The summed E-state index contributed by atoms with van der Waals surface area (Å²) < 4.78 is 22.4. The average molecular weight is 244 g/mol. The average Bonchev–Trinajstić information content (AvgIpc) is 2.25. The van der Waals surface area contributed by atoms with Gasteiger partial charge < -0.3 is 19.7 Å². The minimum absolute atomic E-state index is 0.0406. The molecule has 0 aromatic heterocycles. The lowest BCUT2D eigenvalue weighted by Gasteiger charge is -2.13. The second-order valence-corrected chi connectivity index (χ2v) is 2.97. The molecule has 92 valence electrons. The number of rotatable bonds is 5. The van der Waals surface area contributed by atoms with Crippen molar-refractivity contribution in [1.82, 2.24) is 0 Å². The van der Waals surface area contributed by atoms with Crippen molar-refractivity contribution >= 4 is 11.9 Å². The number of halogens is 1. The maximum atomic E-state index is 12.9. The molecule has 1 aromatic carbocycles. The van der Waals surface area contributed by atoms with Crippen LogP contribution in [0.1, 0.15) is 0 Å². The zero-order valence-corrected chi connectivity index (χ0v) is 8.71. The van der Waals surface area contributed by atoms with E-state index in [0.29, 0.717) is 0 Å². The number of carbonyl (C=O) groups is 2. The van der Waals surface area contributed by atoms with Crippen molar-refractivity contribution in [3.63, 3.8) is 0 Å². The molecule has 0 unspecified atom stereocenters. The number of carboxylic acids is 2. The topological polar surface area (TPSA) is 93.1 Å². The molecule has 6 nitrogen and oxygen atoms in total. The van der Waals surface area contributed by atoms with Crippen molar-refractivity contribution in [3.8, 4) is 11.5 Å². The minimum Gasteiger partial charge on any atom is -0.493 e. The number of hydrogen-bond acceptors (Lipinski definition) is 4. The van der Waals surface area contributed by atoms with Crippen molar-refractivity contribution in [2.45, 2.75) is 6.10 Å². The summed E-state index contributed by atoms with van der Waals surface area (Å²) in [5.41, 5.74) is 0. The minimum atomic E-state index is -2.12. The Morgan fingerprint density at radius 1 is 1.24 bits per heavy atom. The van der Waals surface area contributed by atoms with Gasteiger partial charge in [-0.25, -0.2) is 14.0 Å². The quantitative estimate of drug-likeness (QED) is 0.742. The van der Waals surface area contributed by atoms with E-state index in [9.17, 15) is 14.0 Å². The largest absolute Gasteiger partial charge is 0.493 e. The third-order valence-electron chi connectivity index (χ3n) is 1.82. The van der Waals surface area contributed by atoms with Gasteiger partial charge in [0.25, 0.3) is 6.10 Å². The third kappa shape index (κ3) is 3.07. The molecule has 0 aliphatic rings. The van der Waals surface area contributed by atoms with Gasteiger partial charge in [0.1, 0.15) is 5.82 Å². The summed E-state index contributed by atoms with van der Waals surface area (Å²) in [6.45, 7) is 0. The van der Waals surface area contributed by atoms with Gasteiger partial charge in [-0.3, -0.25) is 0 Å². The molecule has 0 saturated heterocycles. The SMILES string of the molecule is COc1ccc(F)cc1OC(C(=O)O)C(=O)O. The summed E-state index contributed by atoms with van der Waals surface area (Å²) in [7, 11) is 1.26. The Morgan fingerprint density at radius 3 is 2.29 bits per heavy atom. The summed E-state index contributed by atoms with van der Waals surface area (Å²) in [4.78, 5) is 21.2. The van der Waals surface area contributed by atoms with E-state index in [1.807, 2.05) is 0 Å². The fourth-order valence-electron chi connectivity index (χ4n) is 1.08. The number of benzene rings is 1. The number of aliphatic carboxylic acids is 2. The first-order valence-corrected chi connectivity index (χ1v) is 4.41. The van der Waals surface area contributed by atoms with Gasteiger partial charge in [-0.1, -0.05) is 0 Å². The van der Waals surface area contributed by atoms with Gasteiger partial charge >= 0.3 is 11.9 Å². The van der Waals surface area contributed by atoms with E-state index in [1.54, 1.807) is 0 Å². The second kappa shape index (κ2) is 5.15. The molecule has 0 aliphatic heterocycles. The van der Waals surface area contributed by atoms with Crippen LogP contribution in [0, 0.1) is 5.82 Å². The van der Waals surface area contributed by atoms with Crippen LogP contribution in [0.2, 0.25) is 0 Å². The Hall–Kier alpha value is -2.31. The van der Waals surface area contributed by atoms with E-state index in [0.717, 1.165) is 12.1 Å². The number of hydrogen-bond donors (Lipinski definition) is 2. The normalized spacial score (nSPS) is 10.1. The Labute approximate surface area is 95.2 Å². The van der Waals surface area contributed by atoms with Crippen molar-refractivity contribution in [3.05, 3.63) is 24.0 Å². The zero-order valence-electron chi connectivity index (χ0n) is 8.71. The van der Waals surface area contributed by atoms with Crippen LogP contribution in [0.3, 0.4) is 0 Å². The van der Waals surface area contributed by atoms with Gasteiger partial charge in [0.2, 0.25) is 0 Å². The van der Waals surface area contributed by atoms with Crippen molar-refractivity contribution < 1.29 is 33.7 Å². The predicted molar refractivity (Wildman–Crippen MR) is 52.6 cm³/mol. The van der Waals surface area contributed by atoms with Gasteiger partial charge in [-0.15, -0.1) is 0 Å². The Kier molecular flexibility index (Phi) is 3.86. The van der Waals surface area contributed by atoms with Crippen LogP contribution in [0.4, 0.5) is 4.39 Å². The lowest BCUT2D eigenvalue weighted by molar-refractivity contribution is -0.159. The summed E-state index contributed by atoms with van der Waals surface area (Å²) in [5, 5.41) is 17.2.